The number of nitrogens with zero attached hydrogens (tertiary/aromatic N) is 1. The predicted octanol–water partition coefficient (Wildman–Crippen LogP) is 25.2. The number of likely N-dealkylation sites (N-methyl/N-ethyl adjacent to an activating group) is 1. The first-order valence-corrected chi connectivity index (χ1v) is 39.9. The van der Waals surface area contributed by atoms with Gasteiger partial charge in [-0.1, -0.05) is 367 Å². The maximum absolute atomic E-state index is 13.1. The number of hydrogen-bond acceptors (Lipinski definition) is 5. The van der Waals surface area contributed by atoms with Crippen molar-refractivity contribution in [1.29, 1.82) is 0 Å². The highest BCUT2D eigenvalue weighted by atomic mass is 31.2. The fourth-order valence-electron chi connectivity index (χ4n) is 11.1. The molecule has 0 aliphatic heterocycles. The highest BCUT2D eigenvalue weighted by molar-refractivity contribution is 7.47. The van der Waals surface area contributed by atoms with Crippen LogP contribution in [0.2, 0.25) is 0 Å². The average molecular weight is 1290 g/mol. The summed E-state index contributed by atoms with van der Waals surface area (Å²) in [7, 11) is 1.60. The first-order chi connectivity index (χ1) is 44.5. The van der Waals surface area contributed by atoms with Gasteiger partial charge in [-0.3, -0.25) is 13.8 Å². The van der Waals surface area contributed by atoms with Crippen molar-refractivity contribution in [2.75, 3.05) is 40.9 Å². The number of phosphoric acid groups is 1. The van der Waals surface area contributed by atoms with Crippen LogP contribution in [0.5, 0.6) is 0 Å². The van der Waals surface area contributed by atoms with Gasteiger partial charge in [0.2, 0.25) is 5.91 Å². The van der Waals surface area contributed by atoms with Crippen LogP contribution in [-0.4, -0.2) is 73.4 Å². The number of hydrogen-bond donors (Lipinski definition) is 3. The zero-order chi connectivity index (χ0) is 66.2. The molecule has 0 fully saturated rings. The minimum atomic E-state index is -4.35. The van der Waals surface area contributed by atoms with Crippen LogP contribution in [0, 0.1) is 0 Å². The van der Waals surface area contributed by atoms with E-state index in [9.17, 15) is 19.4 Å². The number of aliphatic hydroxyl groups is 1. The minimum Gasteiger partial charge on any atom is -0.391 e. The summed E-state index contributed by atoms with van der Waals surface area (Å²) in [5, 5.41) is 14.2. The third-order valence-corrected chi connectivity index (χ3v) is 18.0. The van der Waals surface area contributed by atoms with E-state index in [0.29, 0.717) is 23.9 Å². The molecule has 0 bridgehead atoms. The van der Waals surface area contributed by atoms with Gasteiger partial charge >= 0.3 is 7.82 Å². The molecule has 0 heterocycles. The summed E-state index contributed by atoms with van der Waals surface area (Å²) in [6, 6.07) is -0.780. The SMILES string of the molecule is CC/C=C\C/C=C\C/C=C\C/C=C\C/C=C\C/C=C\C/C=C\C/C=C\C/C=C\C/C=C\CCCCCCCCC(=O)NC(COP(=O)(O)OCC[N+](C)(C)C)C(O)CCCCCCCCCCCCCCCCCCCCCCCCCCCCCCCCCC. The molecule has 0 saturated carbocycles. The lowest BCUT2D eigenvalue weighted by Gasteiger charge is -2.26. The van der Waals surface area contributed by atoms with Gasteiger partial charge in [-0.25, -0.2) is 4.57 Å². The van der Waals surface area contributed by atoms with Crippen LogP contribution >= 0.6 is 7.82 Å². The van der Waals surface area contributed by atoms with E-state index in [1.807, 2.05) is 21.1 Å². The lowest BCUT2D eigenvalue weighted by atomic mass is 10.0. The number of aliphatic hydroxyl groups excluding tert-OH is 1. The van der Waals surface area contributed by atoms with Crippen molar-refractivity contribution in [3.63, 3.8) is 0 Å². The van der Waals surface area contributed by atoms with E-state index in [4.69, 9.17) is 9.05 Å². The fraction of sp³-hybridized carbons (Fsp3) is 0.744. The molecule has 0 aliphatic carbocycles. The van der Waals surface area contributed by atoms with Crippen molar-refractivity contribution in [1.82, 2.24) is 5.32 Å². The lowest BCUT2D eigenvalue weighted by molar-refractivity contribution is -0.870. The van der Waals surface area contributed by atoms with Gasteiger partial charge in [0.15, 0.2) is 0 Å². The molecule has 0 rings (SSSR count). The first kappa shape index (κ1) is 87.9. The molecule has 526 valence electrons. The van der Waals surface area contributed by atoms with Crippen LogP contribution < -0.4 is 5.32 Å². The molecule has 3 unspecified atom stereocenters. The van der Waals surface area contributed by atoms with Gasteiger partial charge in [0.1, 0.15) is 13.2 Å². The van der Waals surface area contributed by atoms with E-state index in [0.717, 1.165) is 116 Å². The minimum absolute atomic E-state index is 0.0661. The molecule has 0 radical (unpaired) electrons. The molecule has 0 aromatic rings. The van der Waals surface area contributed by atoms with Crippen LogP contribution in [0.4, 0.5) is 0 Å². The van der Waals surface area contributed by atoms with E-state index in [1.165, 1.54) is 199 Å². The van der Waals surface area contributed by atoms with Crippen molar-refractivity contribution in [2.45, 2.75) is 353 Å². The summed E-state index contributed by atoms with van der Waals surface area (Å²) in [5.74, 6) is -0.159. The second kappa shape index (κ2) is 71.2. The monoisotopic (exact) mass is 1290 g/mol. The Balaban J connectivity index is 4.08. The average Bonchev–Trinajstić information content (AvgIpc) is 3.42. The molecule has 0 aromatic carbocycles. The molecular weight excluding hydrogens is 1140 g/mol. The topological polar surface area (TPSA) is 105 Å². The molecule has 1 amide bonds. The second-order valence-electron chi connectivity index (χ2n) is 27.0. The summed E-state index contributed by atoms with van der Waals surface area (Å²) in [6.07, 6.45) is 106. The van der Waals surface area contributed by atoms with Crippen LogP contribution in [0.15, 0.2) is 122 Å². The molecule has 0 aromatic heterocycles. The van der Waals surface area contributed by atoms with E-state index >= 15 is 0 Å². The van der Waals surface area contributed by atoms with Gasteiger partial charge in [0.25, 0.3) is 0 Å². The molecule has 3 atom stereocenters. The van der Waals surface area contributed by atoms with Gasteiger partial charge in [0, 0.05) is 6.42 Å². The number of quaternary nitrogens is 1. The van der Waals surface area contributed by atoms with Gasteiger partial charge < -0.3 is 19.8 Å². The number of allylic oxidation sites excluding steroid dienone is 20. The number of unbranched alkanes of at least 4 members (excludes halogenated alkanes) is 37. The maximum atomic E-state index is 13.1. The lowest BCUT2D eigenvalue weighted by Crippen LogP contribution is -2.46. The number of nitrogens with one attached hydrogen (secondary N) is 1. The van der Waals surface area contributed by atoms with Crippen molar-refractivity contribution in [3.05, 3.63) is 122 Å². The molecule has 8 nitrogen and oxygen atoms in total. The number of rotatable bonds is 70. The van der Waals surface area contributed by atoms with E-state index in [2.05, 4.69) is 141 Å². The Morgan fingerprint density at radius 1 is 0.385 bits per heavy atom. The van der Waals surface area contributed by atoms with Crippen LogP contribution in [-0.2, 0) is 18.4 Å². The largest absolute Gasteiger partial charge is 0.472 e. The second-order valence-corrected chi connectivity index (χ2v) is 28.5. The van der Waals surface area contributed by atoms with Crippen LogP contribution in [0.25, 0.3) is 0 Å². The quantitative estimate of drug-likeness (QED) is 0.0243. The van der Waals surface area contributed by atoms with Gasteiger partial charge in [-0.15, -0.1) is 0 Å². The molecule has 0 saturated heterocycles. The summed E-state index contributed by atoms with van der Waals surface area (Å²) in [4.78, 5) is 23.5. The maximum Gasteiger partial charge on any atom is 0.472 e. The van der Waals surface area contributed by atoms with Crippen LogP contribution in [0.3, 0.4) is 0 Å². The highest BCUT2D eigenvalue weighted by Gasteiger charge is 2.28. The Bertz CT molecular complexity index is 1900. The third kappa shape index (κ3) is 74.2. The number of amides is 1. The summed E-state index contributed by atoms with van der Waals surface area (Å²) >= 11 is 0. The Morgan fingerprint density at radius 2 is 0.659 bits per heavy atom. The Morgan fingerprint density at radius 3 is 0.967 bits per heavy atom. The number of carbonyl (C=O) groups excluding carboxylic acids is 1. The van der Waals surface area contributed by atoms with Crippen LogP contribution in [0.1, 0.15) is 341 Å². The summed E-state index contributed by atoms with van der Waals surface area (Å²) in [5.41, 5.74) is 0. The van der Waals surface area contributed by atoms with Gasteiger partial charge in [0.05, 0.1) is 39.9 Å². The Kier molecular flexibility index (Phi) is 68.8. The third-order valence-electron chi connectivity index (χ3n) is 17.0. The molecule has 3 N–H and O–H groups in total. The molecule has 9 heteroatoms. The van der Waals surface area contributed by atoms with Crippen molar-refractivity contribution in [2.24, 2.45) is 0 Å². The molecule has 91 heavy (non-hydrogen) atoms. The predicted molar refractivity (Wildman–Crippen MR) is 401 cm³/mol. The van der Waals surface area contributed by atoms with E-state index in [1.54, 1.807) is 0 Å². The number of carbonyl (C=O) groups is 1. The summed E-state index contributed by atoms with van der Waals surface area (Å²) in [6.45, 7) is 4.79. The van der Waals surface area contributed by atoms with Crippen molar-refractivity contribution < 1.29 is 32.9 Å². The van der Waals surface area contributed by atoms with Crippen molar-refractivity contribution in [3.8, 4) is 0 Å². The number of phosphoric ester groups is 1. The van der Waals surface area contributed by atoms with Crippen molar-refractivity contribution >= 4 is 13.7 Å². The van der Waals surface area contributed by atoms with Gasteiger partial charge in [-0.05, 0) is 89.9 Å². The normalized spacial score (nSPS) is 14.2. The standard InChI is InChI=1S/C82H147N2O6P/c1-6-8-10-12-14-16-18-20-22-24-26-28-30-32-34-36-38-40-41-42-43-44-46-48-50-52-54-56-58-60-62-64-66-68-70-72-74-76-82(86)83-80(79-90-91(87,88)89-78-77-84(3,4)5)81(85)75-73-71-69-67-65-63-61-59-57-55-53-51-49-47-45-39-37-35-33-31-29-27-25-23-21-19-17-15-13-11-9-7-2/h8,10,14,16,20,22,26,28,32,34,38,40,42-43,46,48,52,54,58,60,80-81,85H,6-7,9,11-13,15,17-19,21,23-25,27,29-31,33,35-37,39,41,44-45,47,49-51,53,55-57,59,61-79H2,1-5H3,(H-,83,86,87,88)/p+1/b10-8-,16-14-,22-20-,28-26-,34-32-,40-38-,43-42-,48-46-,54-52-,60-58-. The first-order valence-electron chi connectivity index (χ1n) is 38.4. The highest BCUT2D eigenvalue weighted by Crippen LogP contribution is 2.43. The van der Waals surface area contributed by atoms with Gasteiger partial charge in [-0.2, -0.15) is 0 Å². The van der Waals surface area contributed by atoms with E-state index in [-0.39, 0.29) is 19.1 Å². The smallest absolute Gasteiger partial charge is 0.391 e. The molecule has 0 spiro atoms. The Labute approximate surface area is 564 Å². The fourth-order valence-corrected chi connectivity index (χ4v) is 11.8. The summed E-state index contributed by atoms with van der Waals surface area (Å²) < 4.78 is 23.9. The van der Waals surface area contributed by atoms with E-state index < -0.39 is 20.0 Å². The molecular formula is C82H148N2O6P+. The zero-order valence-corrected chi connectivity index (χ0v) is 61.2. The molecule has 0 aliphatic rings. The Hall–Kier alpha value is -3.10. The zero-order valence-electron chi connectivity index (χ0n) is 60.3.